The number of nitrogens with zero attached hydrogens (tertiary/aromatic N) is 1. The van der Waals surface area contributed by atoms with E-state index in [1.165, 1.54) is 0 Å². The number of nitrogens with two attached hydrogens (primary N) is 1. The molecule has 0 aliphatic carbocycles. The highest BCUT2D eigenvalue weighted by atomic mass is 35.5. The number of benzene rings is 2. The highest BCUT2D eigenvalue weighted by Crippen LogP contribution is 2.26. The van der Waals surface area contributed by atoms with Crippen LogP contribution in [0.15, 0.2) is 48.5 Å². The minimum Gasteiger partial charge on any atom is -0.397 e. The van der Waals surface area contributed by atoms with Crippen LogP contribution in [0.3, 0.4) is 0 Å². The van der Waals surface area contributed by atoms with Gasteiger partial charge in [-0.15, -0.1) is 12.4 Å². The molecule has 1 aliphatic rings. The van der Waals surface area contributed by atoms with Gasteiger partial charge in [0.05, 0.1) is 24.6 Å². The van der Waals surface area contributed by atoms with E-state index in [4.69, 9.17) is 10.5 Å². The van der Waals surface area contributed by atoms with Gasteiger partial charge in [0.1, 0.15) is 0 Å². The normalized spacial score (nSPS) is 14.3. The standard InChI is InChI=1S/C17H18N2O2.ClH/c18-15-12-14(17(20)13-4-2-1-3-5-13)6-7-16(15)19-8-10-21-11-9-19;/h1-7,12H,8-11,18H2;1H. The van der Waals surface area contributed by atoms with E-state index in [2.05, 4.69) is 4.90 Å². The van der Waals surface area contributed by atoms with Crippen molar-refractivity contribution in [1.29, 1.82) is 0 Å². The van der Waals surface area contributed by atoms with Crippen LogP contribution in [0, 0.1) is 0 Å². The SMILES string of the molecule is Cl.Nc1cc(C(=O)c2ccccc2)ccc1N1CCOCC1. The van der Waals surface area contributed by atoms with Crippen LogP contribution in [-0.2, 0) is 4.74 Å². The molecule has 1 saturated heterocycles. The highest BCUT2D eigenvalue weighted by Gasteiger charge is 2.16. The molecule has 0 radical (unpaired) electrons. The Kier molecular flexibility index (Phi) is 5.41. The second-order valence-electron chi connectivity index (χ2n) is 5.07. The monoisotopic (exact) mass is 318 g/mol. The predicted octanol–water partition coefficient (Wildman–Crippen LogP) is 2.76. The Morgan fingerprint density at radius 1 is 1.00 bits per heavy atom. The third-order valence-electron chi connectivity index (χ3n) is 3.68. The lowest BCUT2D eigenvalue weighted by Gasteiger charge is -2.30. The van der Waals surface area contributed by atoms with Crippen molar-refractivity contribution in [3.05, 3.63) is 59.7 Å². The lowest BCUT2D eigenvalue weighted by molar-refractivity contribution is 0.103. The number of hydrogen-bond donors (Lipinski definition) is 1. The van der Waals surface area contributed by atoms with E-state index in [0.29, 0.717) is 30.0 Å². The molecule has 0 aromatic heterocycles. The summed E-state index contributed by atoms with van der Waals surface area (Å²) in [6, 6.07) is 14.8. The lowest BCUT2D eigenvalue weighted by atomic mass is 10.0. The Labute approximate surface area is 136 Å². The maximum Gasteiger partial charge on any atom is 0.193 e. The smallest absolute Gasteiger partial charge is 0.193 e. The van der Waals surface area contributed by atoms with Crippen molar-refractivity contribution in [3.63, 3.8) is 0 Å². The number of ether oxygens (including phenoxy) is 1. The van der Waals surface area contributed by atoms with Crippen molar-refractivity contribution in [1.82, 2.24) is 0 Å². The van der Waals surface area contributed by atoms with Crippen molar-refractivity contribution >= 4 is 29.6 Å². The minimum atomic E-state index is -0.00386. The van der Waals surface area contributed by atoms with Gasteiger partial charge in [0, 0.05) is 24.2 Å². The molecular formula is C17H19ClN2O2. The average molecular weight is 319 g/mol. The summed E-state index contributed by atoms with van der Waals surface area (Å²) in [6.07, 6.45) is 0. The van der Waals surface area contributed by atoms with E-state index in [0.717, 1.165) is 18.8 Å². The number of halogens is 1. The zero-order valence-corrected chi connectivity index (χ0v) is 13.0. The fourth-order valence-electron chi connectivity index (χ4n) is 2.54. The van der Waals surface area contributed by atoms with Crippen molar-refractivity contribution in [2.75, 3.05) is 36.9 Å². The number of morpholine rings is 1. The van der Waals surface area contributed by atoms with Crippen LogP contribution in [0.1, 0.15) is 15.9 Å². The summed E-state index contributed by atoms with van der Waals surface area (Å²) in [5, 5.41) is 0. The number of carbonyl (C=O) groups is 1. The first-order chi connectivity index (χ1) is 10.3. The molecule has 0 bridgehead atoms. The molecule has 22 heavy (non-hydrogen) atoms. The van der Waals surface area contributed by atoms with Gasteiger partial charge in [-0.1, -0.05) is 30.3 Å². The summed E-state index contributed by atoms with van der Waals surface area (Å²) in [4.78, 5) is 14.6. The van der Waals surface area contributed by atoms with Crippen LogP contribution in [0.25, 0.3) is 0 Å². The number of nitrogen functional groups attached to an aromatic ring is 1. The van der Waals surface area contributed by atoms with Crippen LogP contribution in [0.2, 0.25) is 0 Å². The minimum absolute atomic E-state index is 0. The van der Waals surface area contributed by atoms with Gasteiger partial charge in [-0.3, -0.25) is 4.79 Å². The number of carbonyl (C=O) groups excluding carboxylic acids is 1. The summed E-state index contributed by atoms with van der Waals surface area (Å²) < 4.78 is 5.34. The molecule has 0 spiro atoms. The molecule has 116 valence electrons. The molecule has 0 atom stereocenters. The average Bonchev–Trinajstić information content (AvgIpc) is 2.55. The number of ketones is 1. The number of rotatable bonds is 3. The van der Waals surface area contributed by atoms with Crippen molar-refractivity contribution in [2.45, 2.75) is 0 Å². The summed E-state index contributed by atoms with van der Waals surface area (Å²) in [5.41, 5.74) is 9.04. The third kappa shape index (κ3) is 3.40. The van der Waals surface area contributed by atoms with Gasteiger partial charge in [-0.05, 0) is 18.2 Å². The van der Waals surface area contributed by atoms with Gasteiger partial charge in [0.2, 0.25) is 0 Å². The highest BCUT2D eigenvalue weighted by molar-refractivity contribution is 6.09. The summed E-state index contributed by atoms with van der Waals surface area (Å²) in [5.74, 6) is -0.00386. The molecule has 2 aromatic rings. The fourth-order valence-corrected chi connectivity index (χ4v) is 2.54. The fraction of sp³-hybridized carbons (Fsp3) is 0.235. The van der Waals surface area contributed by atoms with Gasteiger partial charge in [-0.25, -0.2) is 0 Å². The first-order valence-corrected chi connectivity index (χ1v) is 7.07. The molecule has 1 aliphatic heterocycles. The van der Waals surface area contributed by atoms with Crippen molar-refractivity contribution < 1.29 is 9.53 Å². The van der Waals surface area contributed by atoms with Crippen LogP contribution in [0.5, 0.6) is 0 Å². The molecule has 3 rings (SSSR count). The molecule has 0 saturated carbocycles. The Bertz CT molecular complexity index is 640. The molecule has 1 heterocycles. The van der Waals surface area contributed by atoms with E-state index in [1.54, 1.807) is 6.07 Å². The van der Waals surface area contributed by atoms with Crippen LogP contribution in [-0.4, -0.2) is 32.1 Å². The second-order valence-corrected chi connectivity index (χ2v) is 5.07. The maximum atomic E-state index is 12.4. The molecule has 4 nitrogen and oxygen atoms in total. The summed E-state index contributed by atoms with van der Waals surface area (Å²) in [6.45, 7) is 3.08. The van der Waals surface area contributed by atoms with Gasteiger partial charge >= 0.3 is 0 Å². The lowest BCUT2D eigenvalue weighted by Crippen LogP contribution is -2.36. The van der Waals surface area contributed by atoms with Crippen molar-refractivity contribution in [3.8, 4) is 0 Å². The zero-order valence-electron chi connectivity index (χ0n) is 12.2. The van der Waals surface area contributed by atoms with Gasteiger partial charge in [-0.2, -0.15) is 0 Å². The third-order valence-corrected chi connectivity index (χ3v) is 3.68. The van der Waals surface area contributed by atoms with Crippen LogP contribution < -0.4 is 10.6 Å². The molecule has 0 unspecified atom stereocenters. The Morgan fingerprint density at radius 2 is 1.68 bits per heavy atom. The molecule has 2 N–H and O–H groups in total. The molecule has 2 aromatic carbocycles. The van der Waals surface area contributed by atoms with E-state index in [9.17, 15) is 4.79 Å². The Balaban J connectivity index is 0.00000176. The maximum absolute atomic E-state index is 12.4. The van der Waals surface area contributed by atoms with Gasteiger partial charge in [0.25, 0.3) is 0 Å². The predicted molar refractivity (Wildman–Crippen MR) is 91.0 cm³/mol. The number of hydrogen-bond acceptors (Lipinski definition) is 4. The van der Waals surface area contributed by atoms with E-state index in [-0.39, 0.29) is 18.2 Å². The van der Waals surface area contributed by atoms with Crippen molar-refractivity contribution in [2.24, 2.45) is 0 Å². The first-order valence-electron chi connectivity index (χ1n) is 7.07. The second kappa shape index (κ2) is 7.29. The summed E-state index contributed by atoms with van der Waals surface area (Å²) >= 11 is 0. The van der Waals surface area contributed by atoms with Gasteiger partial charge in [0.15, 0.2) is 5.78 Å². The molecule has 5 heteroatoms. The Morgan fingerprint density at radius 3 is 2.32 bits per heavy atom. The topological polar surface area (TPSA) is 55.6 Å². The van der Waals surface area contributed by atoms with E-state index in [1.807, 2.05) is 42.5 Å². The van der Waals surface area contributed by atoms with Gasteiger partial charge < -0.3 is 15.4 Å². The van der Waals surface area contributed by atoms with E-state index < -0.39 is 0 Å². The summed E-state index contributed by atoms with van der Waals surface area (Å²) in [7, 11) is 0. The van der Waals surface area contributed by atoms with Crippen LogP contribution in [0.4, 0.5) is 11.4 Å². The largest absolute Gasteiger partial charge is 0.397 e. The molecule has 0 amide bonds. The molecule has 1 fully saturated rings. The van der Waals surface area contributed by atoms with Crippen LogP contribution >= 0.6 is 12.4 Å². The zero-order chi connectivity index (χ0) is 14.7. The van der Waals surface area contributed by atoms with E-state index >= 15 is 0 Å². The first kappa shape index (κ1) is 16.3. The quantitative estimate of drug-likeness (QED) is 0.698. The Hall–Kier alpha value is -2.04. The molecular weight excluding hydrogens is 300 g/mol. The number of anilines is 2.